The SMILES string of the molecule is COc1c(C(C)(C)C)nn(Cc2c(C)cc(C)cc2C)c1C(=O)NS(=O)(=O)c1cccc(N)c1. The molecule has 2 aromatic carbocycles. The van der Waals surface area contributed by atoms with Gasteiger partial charge in [0.2, 0.25) is 0 Å². The maximum absolute atomic E-state index is 13.4. The molecule has 8 nitrogen and oxygen atoms in total. The second-order valence-electron chi connectivity index (χ2n) is 9.52. The van der Waals surface area contributed by atoms with Gasteiger partial charge in [-0.1, -0.05) is 44.5 Å². The molecule has 182 valence electrons. The molecule has 3 aromatic rings. The predicted molar refractivity (Wildman–Crippen MR) is 133 cm³/mol. The molecule has 0 aliphatic heterocycles. The summed E-state index contributed by atoms with van der Waals surface area (Å²) >= 11 is 0. The molecule has 1 amide bonds. The third kappa shape index (κ3) is 5.09. The van der Waals surface area contributed by atoms with E-state index in [-0.39, 0.29) is 28.6 Å². The molecule has 0 atom stereocenters. The van der Waals surface area contributed by atoms with E-state index in [1.54, 1.807) is 6.07 Å². The Labute approximate surface area is 201 Å². The van der Waals surface area contributed by atoms with Crippen molar-refractivity contribution < 1.29 is 17.9 Å². The van der Waals surface area contributed by atoms with Gasteiger partial charge < -0.3 is 10.5 Å². The van der Waals surface area contributed by atoms with Crippen LogP contribution in [-0.2, 0) is 22.0 Å². The summed E-state index contributed by atoms with van der Waals surface area (Å²) in [6.45, 7) is 12.2. The average molecular weight is 485 g/mol. The molecule has 0 saturated heterocycles. The lowest BCUT2D eigenvalue weighted by Gasteiger charge is -2.16. The molecular weight excluding hydrogens is 452 g/mol. The van der Waals surface area contributed by atoms with Gasteiger partial charge >= 0.3 is 0 Å². The van der Waals surface area contributed by atoms with E-state index in [0.29, 0.717) is 5.69 Å². The Bertz CT molecular complexity index is 1330. The van der Waals surface area contributed by atoms with Crippen molar-refractivity contribution in [2.75, 3.05) is 12.8 Å². The van der Waals surface area contributed by atoms with Crippen molar-refractivity contribution in [2.45, 2.75) is 58.4 Å². The average Bonchev–Trinajstić information content (AvgIpc) is 3.09. The van der Waals surface area contributed by atoms with Crippen molar-refractivity contribution in [3.8, 4) is 5.75 Å². The fourth-order valence-electron chi connectivity index (χ4n) is 3.98. The van der Waals surface area contributed by atoms with Crippen LogP contribution in [0, 0.1) is 20.8 Å². The van der Waals surface area contributed by atoms with Gasteiger partial charge in [-0.25, -0.2) is 13.1 Å². The second kappa shape index (κ2) is 9.13. The van der Waals surface area contributed by atoms with Crippen LogP contribution < -0.4 is 15.2 Å². The van der Waals surface area contributed by atoms with Gasteiger partial charge in [0.15, 0.2) is 11.4 Å². The third-order valence-corrected chi connectivity index (χ3v) is 6.91. The van der Waals surface area contributed by atoms with Crippen molar-refractivity contribution in [2.24, 2.45) is 0 Å². The highest BCUT2D eigenvalue weighted by molar-refractivity contribution is 7.90. The Hall–Kier alpha value is -3.33. The van der Waals surface area contributed by atoms with Crippen molar-refractivity contribution in [1.82, 2.24) is 14.5 Å². The molecule has 0 aliphatic rings. The number of nitrogens with zero attached hydrogens (tertiary/aromatic N) is 2. The zero-order valence-corrected chi connectivity index (χ0v) is 21.5. The molecule has 3 rings (SSSR count). The van der Waals surface area contributed by atoms with E-state index in [1.807, 2.05) is 41.5 Å². The fraction of sp³-hybridized carbons (Fsp3) is 0.360. The number of ether oxygens (including phenoxy) is 1. The summed E-state index contributed by atoms with van der Waals surface area (Å²) in [7, 11) is -2.72. The molecular formula is C25H32N4O4S. The first-order chi connectivity index (χ1) is 15.7. The van der Waals surface area contributed by atoms with E-state index in [2.05, 4.69) is 16.9 Å². The number of hydrogen-bond acceptors (Lipinski definition) is 6. The summed E-state index contributed by atoms with van der Waals surface area (Å²) in [5.41, 5.74) is 10.4. The molecule has 0 spiro atoms. The molecule has 0 bridgehead atoms. The quantitative estimate of drug-likeness (QED) is 0.513. The minimum Gasteiger partial charge on any atom is -0.492 e. The zero-order chi connectivity index (χ0) is 25.4. The maximum Gasteiger partial charge on any atom is 0.287 e. The first kappa shape index (κ1) is 25.3. The van der Waals surface area contributed by atoms with Crippen LogP contribution in [0.2, 0.25) is 0 Å². The van der Waals surface area contributed by atoms with Crippen LogP contribution in [0.5, 0.6) is 5.75 Å². The van der Waals surface area contributed by atoms with Crippen LogP contribution in [-0.4, -0.2) is 31.2 Å². The smallest absolute Gasteiger partial charge is 0.287 e. The lowest BCUT2D eigenvalue weighted by atomic mass is 9.91. The van der Waals surface area contributed by atoms with Gasteiger partial charge in [0.05, 0.1) is 18.6 Å². The first-order valence-electron chi connectivity index (χ1n) is 10.9. The number of carbonyl (C=O) groups excluding carboxylic acids is 1. The van der Waals surface area contributed by atoms with Crippen molar-refractivity contribution in [3.05, 3.63) is 70.0 Å². The summed E-state index contributed by atoms with van der Waals surface area (Å²) in [5, 5.41) is 4.71. The first-order valence-corrected chi connectivity index (χ1v) is 12.4. The zero-order valence-electron chi connectivity index (χ0n) is 20.7. The van der Waals surface area contributed by atoms with Crippen LogP contribution in [0.4, 0.5) is 5.69 Å². The summed E-state index contributed by atoms with van der Waals surface area (Å²) in [6, 6.07) is 9.89. The Morgan fingerprint density at radius 1 is 1.12 bits per heavy atom. The molecule has 1 aromatic heterocycles. The number of benzene rings is 2. The summed E-state index contributed by atoms with van der Waals surface area (Å²) in [5.74, 6) is -0.583. The largest absolute Gasteiger partial charge is 0.492 e. The van der Waals surface area contributed by atoms with E-state index < -0.39 is 21.3 Å². The molecule has 1 heterocycles. The van der Waals surface area contributed by atoms with Crippen LogP contribution in [0.1, 0.15) is 59.2 Å². The predicted octanol–water partition coefficient (Wildman–Crippen LogP) is 3.86. The van der Waals surface area contributed by atoms with Crippen LogP contribution in [0.3, 0.4) is 0 Å². The highest BCUT2D eigenvalue weighted by atomic mass is 32.2. The second-order valence-corrected chi connectivity index (χ2v) is 11.2. The number of nitrogens with one attached hydrogen (secondary N) is 1. The molecule has 0 aliphatic carbocycles. The number of aromatic nitrogens is 2. The van der Waals surface area contributed by atoms with Gasteiger partial charge in [-0.05, 0) is 55.7 Å². The summed E-state index contributed by atoms with van der Waals surface area (Å²) in [6.07, 6.45) is 0. The monoisotopic (exact) mass is 484 g/mol. The van der Waals surface area contributed by atoms with E-state index in [0.717, 1.165) is 22.3 Å². The Kier molecular flexibility index (Phi) is 6.80. The van der Waals surface area contributed by atoms with Crippen LogP contribution >= 0.6 is 0 Å². The lowest BCUT2D eigenvalue weighted by Crippen LogP contribution is -2.32. The molecule has 0 fully saturated rings. The normalized spacial score (nSPS) is 12.0. The number of sulfonamides is 1. The van der Waals surface area contributed by atoms with E-state index in [4.69, 9.17) is 15.6 Å². The van der Waals surface area contributed by atoms with Crippen molar-refractivity contribution in [1.29, 1.82) is 0 Å². The van der Waals surface area contributed by atoms with Gasteiger partial charge in [0, 0.05) is 11.1 Å². The maximum atomic E-state index is 13.4. The van der Waals surface area contributed by atoms with E-state index in [9.17, 15) is 13.2 Å². The topological polar surface area (TPSA) is 116 Å². The minimum absolute atomic E-state index is 0.0410. The Balaban J connectivity index is 2.13. The Morgan fingerprint density at radius 2 is 1.74 bits per heavy atom. The van der Waals surface area contributed by atoms with Gasteiger partial charge in [0.1, 0.15) is 5.69 Å². The standard InChI is InChI=1S/C25H32N4O4S/c1-15-11-16(2)20(17(3)12-15)14-29-21(22(33-7)23(27-29)25(4,5)6)24(30)28-34(31,32)19-10-8-9-18(26)13-19/h8-13H,14,26H2,1-7H3,(H,28,30). The number of nitrogens with two attached hydrogens (primary N) is 1. The molecule has 0 saturated carbocycles. The highest BCUT2D eigenvalue weighted by Crippen LogP contribution is 2.34. The lowest BCUT2D eigenvalue weighted by molar-refractivity contribution is 0.0968. The number of methoxy groups -OCH3 is 1. The number of anilines is 1. The summed E-state index contributed by atoms with van der Waals surface area (Å²) in [4.78, 5) is 13.3. The van der Waals surface area contributed by atoms with Crippen molar-refractivity contribution >= 4 is 21.6 Å². The molecule has 0 radical (unpaired) electrons. The van der Waals surface area contributed by atoms with E-state index in [1.165, 1.54) is 30.0 Å². The van der Waals surface area contributed by atoms with Crippen LogP contribution in [0.15, 0.2) is 41.3 Å². The third-order valence-electron chi connectivity index (χ3n) is 5.58. The van der Waals surface area contributed by atoms with E-state index >= 15 is 0 Å². The van der Waals surface area contributed by atoms with Gasteiger partial charge in [-0.3, -0.25) is 9.48 Å². The van der Waals surface area contributed by atoms with Crippen molar-refractivity contribution in [3.63, 3.8) is 0 Å². The van der Waals surface area contributed by atoms with Gasteiger partial charge in [0.25, 0.3) is 15.9 Å². The molecule has 0 unspecified atom stereocenters. The number of rotatable bonds is 6. The molecule has 34 heavy (non-hydrogen) atoms. The van der Waals surface area contributed by atoms with Gasteiger partial charge in [-0.2, -0.15) is 5.10 Å². The Morgan fingerprint density at radius 3 is 2.26 bits per heavy atom. The fourth-order valence-corrected chi connectivity index (χ4v) is 4.99. The minimum atomic E-state index is -4.17. The number of nitrogen functional groups attached to an aromatic ring is 1. The summed E-state index contributed by atoms with van der Waals surface area (Å²) < 4.78 is 35.1. The molecule has 3 N–H and O–H groups in total. The van der Waals surface area contributed by atoms with Crippen LogP contribution in [0.25, 0.3) is 0 Å². The number of aryl methyl sites for hydroxylation is 3. The number of amides is 1. The van der Waals surface area contributed by atoms with Gasteiger partial charge in [-0.15, -0.1) is 0 Å². The highest BCUT2D eigenvalue weighted by Gasteiger charge is 2.33. The molecule has 9 heteroatoms. The number of carbonyl (C=O) groups is 1. The number of hydrogen-bond donors (Lipinski definition) is 2.